The van der Waals surface area contributed by atoms with Gasteiger partial charge in [0.05, 0.1) is 26.4 Å². The van der Waals surface area contributed by atoms with Crippen LogP contribution >= 0.6 is 0 Å². The quantitative estimate of drug-likeness (QED) is 0.239. The Morgan fingerprint density at radius 3 is 2.10 bits per heavy atom. The molecule has 3 rings (SSSR count). The van der Waals surface area contributed by atoms with Crippen LogP contribution in [0, 0.1) is 0 Å². The number of amides is 1. The van der Waals surface area contributed by atoms with Crippen LogP contribution in [0.4, 0.5) is 0 Å². The number of carbonyl (C=O) groups is 1. The summed E-state index contributed by atoms with van der Waals surface area (Å²) in [6, 6.07) is 11.4. The maximum absolute atomic E-state index is 12.5. The number of fused-ring (bicyclic) bond motifs is 1. The highest BCUT2D eigenvalue weighted by molar-refractivity contribution is 5.76. The van der Waals surface area contributed by atoms with E-state index < -0.39 is 0 Å². The second-order valence-corrected chi connectivity index (χ2v) is 10.6. The Bertz CT molecular complexity index is 1140. The minimum absolute atomic E-state index is 0.0173. The smallest absolute Gasteiger partial charge is 0.220 e. The van der Waals surface area contributed by atoms with Gasteiger partial charge in [-0.25, -0.2) is 0 Å². The molecule has 0 fully saturated rings. The van der Waals surface area contributed by atoms with Crippen LogP contribution in [0.15, 0.2) is 36.4 Å². The summed E-state index contributed by atoms with van der Waals surface area (Å²) in [4.78, 5) is 14.0. The summed E-state index contributed by atoms with van der Waals surface area (Å²) in [7, 11) is 0. The zero-order valence-electron chi connectivity index (χ0n) is 23.9. The van der Waals surface area contributed by atoms with Crippen molar-refractivity contribution in [2.45, 2.75) is 65.2 Å². The second-order valence-electron chi connectivity index (χ2n) is 10.6. The first-order chi connectivity index (χ1) is 18.8. The number of aromatic hydroxyl groups is 1. The summed E-state index contributed by atoms with van der Waals surface area (Å²) in [5.74, 6) is 0.137. The minimum Gasteiger partial charge on any atom is -0.505 e. The highest BCUT2D eigenvalue weighted by atomic mass is 16.5. The Labute approximate surface area is 231 Å². The molecule has 1 aromatic heterocycles. The van der Waals surface area contributed by atoms with Gasteiger partial charge in [0.15, 0.2) is 0 Å². The molecule has 0 saturated carbocycles. The van der Waals surface area contributed by atoms with Crippen molar-refractivity contribution in [2.75, 3.05) is 46.2 Å². The maximum Gasteiger partial charge on any atom is 0.220 e. The molecular weight excluding hydrogens is 496 g/mol. The molecule has 1 amide bonds. The second kappa shape index (κ2) is 15.5. The van der Waals surface area contributed by atoms with Crippen molar-refractivity contribution in [3.63, 3.8) is 0 Å². The number of unbranched alkanes of at least 4 members (excludes halogenated alkanes) is 1. The molecule has 0 atom stereocenters. The van der Waals surface area contributed by atoms with Crippen LogP contribution in [0.2, 0.25) is 0 Å². The molecule has 0 aliphatic rings. The monoisotopic (exact) mass is 540 g/mol. The fourth-order valence-corrected chi connectivity index (χ4v) is 4.05. The van der Waals surface area contributed by atoms with E-state index in [0.29, 0.717) is 58.1 Å². The third-order valence-electron chi connectivity index (χ3n) is 6.27. The topological polar surface area (TPSA) is 108 Å². The number of nitrogens with zero attached hydrogens (tertiary/aromatic N) is 3. The zero-order valence-corrected chi connectivity index (χ0v) is 23.9. The van der Waals surface area contributed by atoms with Crippen molar-refractivity contribution in [1.82, 2.24) is 20.3 Å². The molecule has 0 unspecified atom stereocenters. The van der Waals surface area contributed by atoms with Gasteiger partial charge in [-0.1, -0.05) is 52.3 Å². The Morgan fingerprint density at radius 2 is 1.51 bits per heavy atom. The summed E-state index contributed by atoms with van der Waals surface area (Å²) in [5.41, 5.74) is 3.46. The molecule has 3 aromatic rings. The molecule has 0 aliphatic carbocycles. The number of hydrogen-bond acceptors (Lipinski definition) is 7. The van der Waals surface area contributed by atoms with Crippen LogP contribution in [0.3, 0.4) is 0 Å². The molecule has 2 N–H and O–H groups in total. The van der Waals surface area contributed by atoms with Crippen LogP contribution in [0.1, 0.15) is 64.5 Å². The number of ether oxygens (including phenoxy) is 3. The van der Waals surface area contributed by atoms with Crippen molar-refractivity contribution in [2.24, 2.45) is 0 Å². The van der Waals surface area contributed by atoms with Gasteiger partial charge in [-0.05, 0) is 48.4 Å². The third kappa shape index (κ3) is 9.91. The summed E-state index contributed by atoms with van der Waals surface area (Å²) < 4.78 is 16.5. The number of carbonyl (C=O) groups excluding carboxylic acids is 1. The third-order valence-corrected chi connectivity index (χ3v) is 6.27. The molecule has 0 saturated heterocycles. The molecule has 9 heteroatoms. The Morgan fingerprint density at radius 1 is 0.923 bits per heavy atom. The van der Waals surface area contributed by atoms with E-state index in [1.165, 1.54) is 4.80 Å². The highest BCUT2D eigenvalue weighted by Gasteiger charge is 2.23. The minimum atomic E-state index is -0.295. The Kier molecular flexibility index (Phi) is 12.2. The molecule has 0 aliphatic heterocycles. The van der Waals surface area contributed by atoms with Gasteiger partial charge >= 0.3 is 0 Å². The van der Waals surface area contributed by atoms with Gasteiger partial charge in [-0.2, -0.15) is 0 Å². The van der Waals surface area contributed by atoms with Crippen LogP contribution in [0.5, 0.6) is 5.75 Å². The fraction of sp³-hybridized carbons (Fsp3) is 0.567. The first-order valence-corrected chi connectivity index (χ1v) is 14.0. The Hall–Kier alpha value is -3.01. The van der Waals surface area contributed by atoms with Crippen LogP contribution in [-0.4, -0.2) is 72.2 Å². The normalized spacial score (nSPS) is 11.8. The lowest BCUT2D eigenvalue weighted by atomic mass is 9.84. The van der Waals surface area contributed by atoms with Gasteiger partial charge in [0, 0.05) is 31.7 Å². The lowest BCUT2D eigenvalue weighted by Crippen LogP contribution is -2.25. The van der Waals surface area contributed by atoms with Crippen molar-refractivity contribution >= 4 is 16.9 Å². The predicted octanol–water partition coefficient (Wildman–Crippen LogP) is 4.71. The molecule has 1 heterocycles. The van der Waals surface area contributed by atoms with Gasteiger partial charge in [-0.3, -0.25) is 4.79 Å². The van der Waals surface area contributed by atoms with Gasteiger partial charge in [0.25, 0.3) is 0 Å². The summed E-state index contributed by atoms with van der Waals surface area (Å²) in [6.07, 6.45) is 3.84. The summed E-state index contributed by atoms with van der Waals surface area (Å²) in [6.45, 7) is 12.5. The Balaban J connectivity index is 1.42. The average molecular weight is 541 g/mol. The van der Waals surface area contributed by atoms with Crippen molar-refractivity contribution in [3.05, 3.63) is 47.5 Å². The van der Waals surface area contributed by atoms with Gasteiger partial charge in [0.2, 0.25) is 5.91 Å². The number of phenolic OH excluding ortho intramolecular Hbond substituents is 1. The van der Waals surface area contributed by atoms with E-state index in [1.807, 2.05) is 57.2 Å². The highest BCUT2D eigenvalue weighted by Crippen LogP contribution is 2.36. The van der Waals surface area contributed by atoms with Gasteiger partial charge in [-0.15, -0.1) is 15.0 Å². The molecule has 9 nitrogen and oxygen atoms in total. The molecule has 0 spiro atoms. The van der Waals surface area contributed by atoms with E-state index in [4.69, 9.17) is 14.2 Å². The lowest BCUT2D eigenvalue weighted by Gasteiger charge is -2.23. The number of hydrogen-bond donors (Lipinski definition) is 2. The van der Waals surface area contributed by atoms with E-state index in [1.54, 1.807) is 0 Å². The average Bonchev–Trinajstić information content (AvgIpc) is 3.34. The lowest BCUT2D eigenvalue weighted by molar-refractivity contribution is -0.121. The largest absolute Gasteiger partial charge is 0.505 e. The van der Waals surface area contributed by atoms with E-state index >= 15 is 0 Å². The number of rotatable bonds is 17. The number of aryl methyl sites for hydroxylation is 1. The van der Waals surface area contributed by atoms with Crippen molar-refractivity contribution < 1.29 is 24.1 Å². The maximum atomic E-state index is 12.5. The molecule has 0 bridgehead atoms. The first kappa shape index (κ1) is 30.5. The molecule has 39 heavy (non-hydrogen) atoms. The first-order valence-electron chi connectivity index (χ1n) is 14.0. The van der Waals surface area contributed by atoms with Crippen LogP contribution in [0.25, 0.3) is 16.7 Å². The zero-order chi connectivity index (χ0) is 28.1. The standard InChI is InChI=1S/C30H44N4O5/c1-5-6-15-37-17-19-39-20-18-38-16-9-14-31-28(35)13-12-23-21-24(30(2,3)4)29(36)27(22-23)34-32-25-10-7-8-11-26(25)33-34/h7-8,10-11,21-22,36H,5-6,9,12-20H2,1-4H3,(H,31,35). The van der Waals surface area contributed by atoms with E-state index in [2.05, 4.69) is 22.4 Å². The molecule has 0 radical (unpaired) electrons. The van der Waals surface area contributed by atoms with E-state index in [-0.39, 0.29) is 17.1 Å². The summed E-state index contributed by atoms with van der Waals surface area (Å²) in [5, 5.41) is 23.1. The van der Waals surface area contributed by atoms with Gasteiger partial charge < -0.3 is 24.6 Å². The summed E-state index contributed by atoms with van der Waals surface area (Å²) >= 11 is 0. The van der Waals surface area contributed by atoms with E-state index in [9.17, 15) is 9.90 Å². The number of benzene rings is 2. The number of aromatic nitrogens is 3. The SMILES string of the molecule is CCCCOCCOCCOCCCNC(=O)CCc1cc(-n2nc3ccccc3n2)c(O)c(C(C)(C)C)c1. The molecular formula is C30H44N4O5. The fourth-order valence-electron chi connectivity index (χ4n) is 4.05. The number of nitrogens with one attached hydrogen (secondary N) is 1. The van der Waals surface area contributed by atoms with Crippen molar-refractivity contribution in [1.29, 1.82) is 0 Å². The molecule has 214 valence electrons. The molecule has 2 aromatic carbocycles. The van der Waals surface area contributed by atoms with Crippen molar-refractivity contribution in [3.8, 4) is 11.4 Å². The van der Waals surface area contributed by atoms with E-state index in [0.717, 1.165) is 48.0 Å². The van der Waals surface area contributed by atoms with Crippen LogP contribution < -0.4 is 5.32 Å². The number of phenols is 1. The van der Waals surface area contributed by atoms with Crippen LogP contribution in [-0.2, 0) is 30.8 Å². The predicted molar refractivity (Wildman–Crippen MR) is 153 cm³/mol. The van der Waals surface area contributed by atoms with Gasteiger partial charge in [0.1, 0.15) is 22.5 Å².